The van der Waals surface area contributed by atoms with Gasteiger partial charge in [0, 0.05) is 30.5 Å². The Morgan fingerprint density at radius 3 is 2.34 bits per heavy atom. The van der Waals surface area contributed by atoms with Crippen molar-refractivity contribution in [3.63, 3.8) is 0 Å². The fourth-order valence-corrected chi connectivity index (χ4v) is 6.21. The van der Waals surface area contributed by atoms with E-state index in [4.69, 9.17) is 20.3 Å². The number of hydrazone groups is 1. The van der Waals surface area contributed by atoms with Crippen LogP contribution in [-0.4, -0.2) is 66.8 Å². The molecule has 1 aliphatic carbocycles. The van der Waals surface area contributed by atoms with Crippen molar-refractivity contribution in [1.29, 1.82) is 0 Å². The zero-order chi connectivity index (χ0) is 26.6. The lowest BCUT2D eigenvalue weighted by atomic mass is 9.73. The van der Waals surface area contributed by atoms with Gasteiger partial charge in [-0.1, -0.05) is 43.2 Å². The third-order valence-electron chi connectivity index (χ3n) is 8.29. The van der Waals surface area contributed by atoms with E-state index in [1.165, 1.54) is 0 Å². The first-order valence-electron chi connectivity index (χ1n) is 13.7. The largest absolute Gasteiger partial charge is 0.493 e. The Balaban J connectivity index is 1.32. The summed E-state index contributed by atoms with van der Waals surface area (Å²) in [5.41, 5.74) is 9.27. The smallest absolute Gasteiger partial charge is 0.246 e. The molecule has 38 heavy (non-hydrogen) atoms. The summed E-state index contributed by atoms with van der Waals surface area (Å²) >= 11 is 0. The van der Waals surface area contributed by atoms with Crippen LogP contribution >= 0.6 is 0 Å². The summed E-state index contributed by atoms with van der Waals surface area (Å²) in [5, 5.41) is 6.75. The molecule has 0 bridgehead atoms. The standard InChI is InChI=1S/C30H38N4O4/c1-37-26-13-12-21(19-27(26)38-2)28-23-10-6-7-11-24(23)29(35)34(32-28)22-14-16-33(17-15-22)30(36)25(31)18-20-8-4-3-5-9-20/h3-5,8-9,12-13,19,22-25H,6-7,10-11,14-18,31H2,1-2H3/t23-,24+,25-/m1/s1. The van der Waals surface area contributed by atoms with E-state index in [0.29, 0.717) is 43.9 Å². The van der Waals surface area contributed by atoms with E-state index in [1.807, 2.05) is 53.4 Å². The quantitative estimate of drug-likeness (QED) is 0.604. The third-order valence-corrected chi connectivity index (χ3v) is 8.29. The number of carbonyl (C=O) groups excluding carboxylic acids is 2. The molecule has 2 fully saturated rings. The SMILES string of the molecule is COc1ccc(C2=NN(C3CCN(C(=O)[C@H](N)Cc4ccccc4)CC3)C(=O)[C@H]3CCCC[C@@H]23)cc1OC. The number of piperidine rings is 1. The third kappa shape index (κ3) is 5.27. The van der Waals surface area contributed by atoms with Crippen molar-refractivity contribution in [3.05, 3.63) is 59.7 Å². The van der Waals surface area contributed by atoms with Crippen LogP contribution in [0.4, 0.5) is 0 Å². The molecule has 1 saturated heterocycles. The molecule has 8 heteroatoms. The number of methoxy groups -OCH3 is 2. The Bertz CT molecular complexity index is 1180. The van der Waals surface area contributed by atoms with Crippen molar-refractivity contribution in [2.75, 3.05) is 27.3 Å². The number of hydrogen-bond acceptors (Lipinski definition) is 6. The highest BCUT2D eigenvalue weighted by molar-refractivity contribution is 6.07. The molecule has 0 radical (unpaired) electrons. The molecule has 3 atom stereocenters. The van der Waals surface area contributed by atoms with Crippen LogP contribution in [0.2, 0.25) is 0 Å². The number of rotatable bonds is 7. The maximum absolute atomic E-state index is 13.7. The van der Waals surface area contributed by atoms with Crippen LogP contribution in [0.1, 0.15) is 49.7 Å². The van der Waals surface area contributed by atoms with Gasteiger partial charge in [0.1, 0.15) is 0 Å². The van der Waals surface area contributed by atoms with Crippen molar-refractivity contribution in [1.82, 2.24) is 9.91 Å². The maximum Gasteiger partial charge on any atom is 0.246 e. The Kier molecular flexibility index (Phi) is 7.98. The molecule has 2 aliphatic heterocycles. The molecule has 0 spiro atoms. The van der Waals surface area contributed by atoms with Crippen LogP contribution in [0.15, 0.2) is 53.6 Å². The minimum absolute atomic E-state index is 0.0286. The van der Waals surface area contributed by atoms with E-state index >= 15 is 0 Å². The van der Waals surface area contributed by atoms with Crippen molar-refractivity contribution in [2.24, 2.45) is 22.7 Å². The highest BCUT2D eigenvalue weighted by Gasteiger charge is 2.44. The highest BCUT2D eigenvalue weighted by atomic mass is 16.5. The second-order valence-corrected chi connectivity index (χ2v) is 10.6. The number of ether oxygens (including phenoxy) is 2. The first-order chi connectivity index (χ1) is 18.5. The van der Waals surface area contributed by atoms with E-state index in [-0.39, 0.29) is 29.7 Å². The summed E-state index contributed by atoms with van der Waals surface area (Å²) < 4.78 is 11.0. The Labute approximate surface area is 224 Å². The van der Waals surface area contributed by atoms with Crippen molar-refractivity contribution in [3.8, 4) is 11.5 Å². The van der Waals surface area contributed by atoms with Gasteiger partial charge in [-0.25, -0.2) is 5.01 Å². The van der Waals surface area contributed by atoms with Gasteiger partial charge in [-0.3, -0.25) is 9.59 Å². The first kappa shape index (κ1) is 26.2. The van der Waals surface area contributed by atoms with E-state index in [0.717, 1.165) is 42.5 Å². The van der Waals surface area contributed by atoms with Crippen molar-refractivity contribution >= 4 is 17.5 Å². The van der Waals surface area contributed by atoms with E-state index in [1.54, 1.807) is 19.2 Å². The number of hydrogen-bond donors (Lipinski definition) is 1. The average Bonchev–Trinajstić information content (AvgIpc) is 2.97. The number of likely N-dealkylation sites (tertiary alicyclic amines) is 1. The molecule has 5 rings (SSSR count). The average molecular weight is 519 g/mol. The fourth-order valence-electron chi connectivity index (χ4n) is 6.21. The molecular weight excluding hydrogens is 480 g/mol. The topological polar surface area (TPSA) is 97.5 Å². The number of benzene rings is 2. The second kappa shape index (κ2) is 11.6. The maximum atomic E-state index is 13.7. The monoisotopic (exact) mass is 518 g/mol. The summed E-state index contributed by atoms with van der Waals surface area (Å²) in [4.78, 5) is 28.6. The predicted octanol–water partition coefficient (Wildman–Crippen LogP) is 3.62. The number of fused-ring (bicyclic) bond motifs is 1. The summed E-state index contributed by atoms with van der Waals surface area (Å²) in [7, 11) is 3.25. The number of carbonyl (C=O) groups is 2. The molecule has 2 heterocycles. The Hall–Kier alpha value is -3.39. The van der Waals surface area contributed by atoms with Gasteiger partial charge in [0.05, 0.1) is 32.0 Å². The molecule has 2 aromatic rings. The number of nitrogens with zero attached hydrogens (tertiary/aromatic N) is 3. The number of nitrogens with two attached hydrogens (primary N) is 1. The lowest BCUT2D eigenvalue weighted by Gasteiger charge is -2.43. The molecular formula is C30H38N4O4. The summed E-state index contributed by atoms with van der Waals surface area (Å²) in [6, 6.07) is 15.1. The van der Waals surface area contributed by atoms with Gasteiger partial charge in [-0.15, -0.1) is 0 Å². The predicted molar refractivity (Wildman–Crippen MR) is 146 cm³/mol. The van der Waals surface area contributed by atoms with E-state index in [2.05, 4.69) is 0 Å². The molecule has 0 aromatic heterocycles. The second-order valence-electron chi connectivity index (χ2n) is 10.6. The van der Waals surface area contributed by atoms with Crippen LogP contribution in [-0.2, 0) is 16.0 Å². The van der Waals surface area contributed by atoms with Gasteiger partial charge >= 0.3 is 0 Å². The first-order valence-corrected chi connectivity index (χ1v) is 13.7. The van der Waals surface area contributed by atoms with Crippen molar-refractivity contribution < 1.29 is 19.1 Å². The minimum atomic E-state index is -0.566. The van der Waals surface area contributed by atoms with Crippen LogP contribution in [0, 0.1) is 11.8 Å². The molecule has 2 N–H and O–H groups in total. The molecule has 2 aromatic carbocycles. The molecule has 1 saturated carbocycles. The van der Waals surface area contributed by atoms with Crippen LogP contribution in [0.3, 0.4) is 0 Å². The van der Waals surface area contributed by atoms with E-state index < -0.39 is 6.04 Å². The van der Waals surface area contributed by atoms with Gasteiger partial charge < -0.3 is 20.1 Å². The van der Waals surface area contributed by atoms with E-state index in [9.17, 15) is 9.59 Å². The molecule has 2 amide bonds. The zero-order valence-corrected chi connectivity index (χ0v) is 22.3. The molecule has 3 aliphatic rings. The minimum Gasteiger partial charge on any atom is -0.493 e. The Morgan fingerprint density at radius 1 is 0.974 bits per heavy atom. The number of amides is 2. The van der Waals surface area contributed by atoms with Gasteiger partial charge in [-0.05, 0) is 55.9 Å². The molecule has 202 valence electrons. The Morgan fingerprint density at radius 2 is 1.66 bits per heavy atom. The fraction of sp³-hybridized carbons (Fsp3) is 0.500. The summed E-state index contributed by atoms with van der Waals surface area (Å²) in [6.07, 6.45) is 5.91. The molecule has 0 unspecified atom stereocenters. The highest BCUT2D eigenvalue weighted by Crippen LogP contribution is 2.40. The summed E-state index contributed by atoms with van der Waals surface area (Å²) in [6.45, 7) is 1.15. The van der Waals surface area contributed by atoms with Crippen LogP contribution in [0.25, 0.3) is 0 Å². The normalized spacial score (nSPS) is 22.9. The van der Waals surface area contributed by atoms with Crippen LogP contribution < -0.4 is 15.2 Å². The summed E-state index contributed by atoms with van der Waals surface area (Å²) in [5.74, 6) is 1.49. The van der Waals surface area contributed by atoms with Gasteiger partial charge in [0.2, 0.25) is 11.8 Å². The van der Waals surface area contributed by atoms with Crippen molar-refractivity contribution in [2.45, 2.75) is 57.0 Å². The van der Waals surface area contributed by atoms with Gasteiger partial charge in [-0.2, -0.15) is 5.10 Å². The lowest BCUT2D eigenvalue weighted by molar-refractivity contribution is -0.143. The van der Waals surface area contributed by atoms with Gasteiger partial charge in [0.25, 0.3) is 0 Å². The van der Waals surface area contributed by atoms with Crippen LogP contribution in [0.5, 0.6) is 11.5 Å². The molecule has 8 nitrogen and oxygen atoms in total. The lowest BCUT2D eigenvalue weighted by Crippen LogP contribution is -2.54. The zero-order valence-electron chi connectivity index (χ0n) is 22.3. The van der Waals surface area contributed by atoms with Gasteiger partial charge in [0.15, 0.2) is 11.5 Å².